The highest BCUT2D eigenvalue weighted by Gasteiger charge is 2.12. The van der Waals surface area contributed by atoms with Gasteiger partial charge in [-0.2, -0.15) is 10.2 Å². The summed E-state index contributed by atoms with van der Waals surface area (Å²) < 4.78 is 3.48. The number of benzene rings is 1. The third kappa shape index (κ3) is 1.99. The van der Waals surface area contributed by atoms with E-state index in [1.165, 1.54) is 0 Å². The molecule has 0 unspecified atom stereocenters. The number of hydrogen-bond donors (Lipinski definition) is 1. The topological polar surface area (TPSA) is 61.7 Å². The van der Waals surface area contributed by atoms with E-state index in [0.717, 1.165) is 22.6 Å². The molecular weight excluding hydrogens is 238 g/mol. The van der Waals surface area contributed by atoms with Crippen LogP contribution >= 0.6 is 0 Å². The Morgan fingerprint density at radius 1 is 0.895 bits per heavy atom. The number of nitrogens with zero attached hydrogens (tertiary/aromatic N) is 4. The molecule has 96 valence electrons. The van der Waals surface area contributed by atoms with Gasteiger partial charge in [-0.1, -0.05) is 30.3 Å². The number of nitrogens with two attached hydrogens (primary N) is 1. The van der Waals surface area contributed by atoms with Crippen molar-refractivity contribution >= 4 is 5.82 Å². The number of nitrogen functional groups attached to an aromatic ring is 1. The van der Waals surface area contributed by atoms with E-state index in [1.54, 1.807) is 4.68 Å². The van der Waals surface area contributed by atoms with Crippen LogP contribution in [0.3, 0.4) is 0 Å². The van der Waals surface area contributed by atoms with Gasteiger partial charge in [0.25, 0.3) is 0 Å². The van der Waals surface area contributed by atoms with E-state index in [2.05, 4.69) is 10.2 Å². The maximum atomic E-state index is 5.82. The summed E-state index contributed by atoms with van der Waals surface area (Å²) in [6.07, 6.45) is 0. The van der Waals surface area contributed by atoms with E-state index in [4.69, 9.17) is 5.73 Å². The van der Waals surface area contributed by atoms with Gasteiger partial charge in [-0.05, 0) is 6.07 Å². The lowest BCUT2D eigenvalue weighted by atomic mass is 10.1. The van der Waals surface area contributed by atoms with E-state index in [9.17, 15) is 0 Å². The molecule has 0 saturated carbocycles. The second kappa shape index (κ2) is 4.28. The van der Waals surface area contributed by atoms with Crippen LogP contribution in [0.5, 0.6) is 0 Å². The number of aryl methyl sites for hydroxylation is 2. The summed E-state index contributed by atoms with van der Waals surface area (Å²) in [5.41, 5.74) is 9.62. The largest absolute Gasteiger partial charge is 0.384 e. The predicted molar refractivity (Wildman–Crippen MR) is 75.3 cm³/mol. The molecular formula is C14H15N5. The molecule has 3 rings (SSSR count). The molecule has 3 aromatic rings. The maximum absolute atomic E-state index is 5.82. The fourth-order valence-corrected chi connectivity index (χ4v) is 2.06. The van der Waals surface area contributed by atoms with Crippen molar-refractivity contribution in [3.05, 3.63) is 42.5 Å². The Hall–Kier alpha value is -2.56. The smallest absolute Gasteiger partial charge is 0.122 e. The Kier molecular flexibility index (Phi) is 2.59. The Morgan fingerprint density at radius 3 is 2.21 bits per heavy atom. The lowest BCUT2D eigenvalue weighted by Crippen LogP contribution is -1.97. The van der Waals surface area contributed by atoms with Crippen LogP contribution in [0.25, 0.3) is 22.6 Å². The standard InChI is InChI=1S/C14H15N5/c1-18-13(12-9-14(15)19(2)17-12)8-11(16-18)10-6-4-3-5-7-10/h3-9H,15H2,1-2H3. The van der Waals surface area contributed by atoms with Crippen molar-refractivity contribution in [3.63, 3.8) is 0 Å². The fourth-order valence-electron chi connectivity index (χ4n) is 2.06. The lowest BCUT2D eigenvalue weighted by Gasteiger charge is -1.95. The highest BCUT2D eigenvalue weighted by Crippen LogP contribution is 2.25. The maximum Gasteiger partial charge on any atom is 0.122 e. The molecule has 2 heterocycles. The van der Waals surface area contributed by atoms with Crippen molar-refractivity contribution in [3.8, 4) is 22.6 Å². The van der Waals surface area contributed by atoms with Gasteiger partial charge in [0.2, 0.25) is 0 Å². The zero-order valence-corrected chi connectivity index (χ0v) is 10.9. The van der Waals surface area contributed by atoms with Crippen LogP contribution in [-0.4, -0.2) is 19.6 Å². The minimum Gasteiger partial charge on any atom is -0.384 e. The van der Waals surface area contributed by atoms with Crippen LogP contribution in [0.1, 0.15) is 0 Å². The molecule has 0 saturated heterocycles. The van der Waals surface area contributed by atoms with Crippen LogP contribution in [0.15, 0.2) is 42.5 Å². The molecule has 2 aromatic heterocycles. The van der Waals surface area contributed by atoms with E-state index >= 15 is 0 Å². The first-order valence-electron chi connectivity index (χ1n) is 6.04. The van der Waals surface area contributed by atoms with Gasteiger partial charge in [0.05, 0.1) is 11.4 Å². The van der Waals surface area contributed by atoms with Crippen molar-refractivity contribution in [2.45, 2.75) is 0 Å². The van der Waals surface area contributed by atoms with Gasteiger partial charge in [-0.3, -0.25) is 9.36 Å². The molecule has 2 N–H and O–H groups in total. The quantitative estimate of drug-likeness (QED) is 0.760. The number of anilines is 1. The molecule has 5 nitrogen and oxygen atoms in total. The summed E-state index contributed by atoms with van der Waals surface area (Å²) in [4.78, 5) is 0. The van der Waals surface area contributed by atoms with Crippen LogP contribution < -0.4 is 5.73 Å². The SMILES string of the molecule is Cn1nc(-c2cc(-c3ccccc3)nn2C)cc1N. The van der Waals surface area contributed by atoms with E-state index in [0.29, 0.717) is 5.82 Å². The molecule has 0 spiro atoms. The first-order chi connectivity index (χ1) is 9.15. The summed E-state index contributed by atoms with van der Waals surface area (Å²) in [5.74, 6) is 0.637. The first-order valence-corrected chi connectivity index (χ1v) is 6.04. The van der Waals surface area contributed by atoms with E-state index < -0.39 is 0 Å². The average molecular weight is 253 g/mol. The van der Waals surface area contributed by atoms with Gasteiger partial charge < -0.3 is 5.73 Å². The number of rotatable bonds is 2. The number of aromatic nitrogens is 4. The third-order valence-corrected chi connectivity index (χ3v) is 3.13. The molecule has 0 aliphatic carbocycles. The van der Waals surface area contributed by atoms with E-state index in [1.807, 2.05) is 61.2 Å². The molecule has 19 heavy (non-hydrogen) atoms. The Balaban J connectivity index is 2.07. The Bertz CT molecular complexity index is 689. The molecule has 0 atom stereocenters. The second-order valence-electron chi connectivity index (χ2n) is 4.48. The third-order valence-electron chi connectivity index (χ3n) is 3.13. The lowest BCUT2D eigenvalue weighted by molar-refractivity contribution is 0.756. The summed E-state index contributed by atoms with van der Waals surface area (Å²) in [7, 11) is 3.74. The fraction of sp³-hybridized carbons (Fsp3) is 0.143. The minimum atomic E-state index is 0.637. The van der Waals surface area contributed by atoms with Gasteiger partial charge in [-0.15, -0.1) is 0 Å². The normalized spacial score (nSPS) is 10.8. The Labute approximate surface area is 111 Å². The second-order valence-corrected chi connectivity index (χ2v) is 4.48. The van der Waals surface area contributed by atoms with Crippen molar-refractivity contribution in [2.24, 2.45) is 14.1 Å². The summed E-state index contributed by atoms with van der Waals surface area (Å²) in [6.45, 7) is 0. The number of hydrogen-bond acceptors (Lipinski definition) is 3. The minimum absolute atomic E-state index is 0.637. The van der Waals surface area contributed by atoms with Crippen molar-refractivity contribution < 1.29 is 0 Å². The van der Waals surface area contributed by atoms with Crippen molar-refractivity contribution in [2.75, 3.05) is 5.73 Å². The van der Waals surface area contributed by atoms with Gasteiger partial charge in [-0.25, -0.2) is 0 Å². The van der Waals surface area contributed by atoms with Crippen LogP contribution in [0.2, 0.25) is 0 Å². The summed E-state index contributed by atoms with van der Waals surface area (Å²) in [6, 6.07) is 14.0. The molecule has 0 fully saturated rings. The van der Waals surface area contributed by atoms with Gasteiger partial charge in [0.15, 0.2) is 0 Å². The summed E-state index contributed by atoms with van der Waals surface area (Å²) in [5, 5.41) is 8.90. The summed E-state index contributed by atoms with van der Waals surface area (Å²) >= 11 is 0. The van der Waals surface area contributed by atoms with Gasteiger partial charge >= 0.3 is 0 Å². The van der Waals surface area contributed by atoms with Crippen LogP contribution in [0.4, 0.5) is 5.82 Å². The molecule has 5 heteroatoms. The van der Waals surface area contributed by atoms with Gasteiger partial charge in [0, 0.05) is 25.7 Å². The van der Waals surface area contributed by atoms with Gasteiger partial charge in [0.1, 0.15) is 11.5 Å². The molecule has 0 aliphatic rings. The monoisotopic (exact) mass is 253 g/mol. The first kappa shape index (κ1) is 11.5. The van der Waals surface area contributed by atoms with Crippen LogP contribution in [0, 0.1) is 0 Å². The molecule has 0 amide bonds. The molecule has 0 bridgehead atoms. The molecule has 1 aromatic carbocycles. The molecule has 0 aliphatic heterocycles. The van der Waals surface area contributed by atoms with Crippen LogP contribution in [-0.2, 0) is 14.1 Å². The Morgan fingerprint density at radius 2 is 1.58 bits per heavy atom. The highest BCUT2D eigenvalue weighted by atomic mass is 15.3. The average Bonchev–Trinajstić information content (AvgIpc) is 2.95. The van der Waals surface area contributed by atoms with E-state index in [-0.39, 0.29) is 0 Å². The van der Waals surface area contributed by atoms with Crippen molar-refractivity contribution in [1.29, 1.82) is 0 Å². The predicted octanol–water partition coefficient (Wildman–Crippen LogP) is 2.07. The zero-order chi connectivity index (χ0) is 13.4. The van der Waals surface area contributed by atoms with Crippen molar-refractivity contribution in [1.82, 2.24) is 19.6 Å². The zero-order valence-electron chi connectivity index (χ0n) is 10.9. The highest BCUT2D eigenvalue weighted by molar-refractivity contribution is 5.67. The molecule has 0 radical (unpaired) electrons.